The highest BCUT2D eigenvalue weighted by Gasteiger charge is 2.27. The fraction of sp³-hybridized carbons (Fsp3) is 0.263. The van der Waals surface area contributed by atoms with Crippen LogP contribution in [0.3, 0.4) is 0 Å². The number of amides is 2. The summed E-state index contributed by atoms with van der Waals surface area (Å²) in [7, 11) is -3.63. The van der Waals surface area contributed by atoms with Crippen LogP contribution in [0.15, 0.2) is 47.4 Å². The number of benzene rings is 2. The molecule has 1 aliphatic rings. The summed E-state index contributed by atoms with van der Waals surface area (Å²) >= 11 is 11.8. The number of hydrogen-bond donors (Lipinski definition) is 2. The molecule has 7 nitrogen and oxygen atoms in total. The number of hydrogen-bond acceptors (Lipinski definition) is 4. The second-order valence-corrected chi connectivity index (χ2v) is 9.32. The highest BCUT2D eigenvalue weighted by atomic mass is 35.5. The first kappa shape index (κ1) is 21.6. The Morgan fingerprint density at radius 3 is 2.38 bits per heavy atom. The summed E-state index contributed by atoms with van der Waals surface area (Å²) in [5, 5.41) is 0.713. The van der Waals surface area contributed by atoms with Crippen molar-refractivity contribution in [3.63, 3.8) is 0 Å². The van der Waals surface area contributed by atoms with Crippen LogP contribution in [0.25, 0.3) is 0 Å². The summed E-state index contributed by atoms with van der Waals surface area (Å²) in [5.74, 6) is -1.08. The average molecular weight is 456 g/mol. The molecule has 154 valence electrons. The smallest absolute Gasteiger partial charge is 0.269 e. The SMILES string of the molecule is O=C(Cc1ccc(Cl)c(Cl)c1)NNC(=O)c1cccc(S(=O)(=O)N2CCCC2)c1. The summed E-state index contributed by atoms with van der Waals surface area (Å²) in [4.78, 5) is 24.4. The predicted octanol–water partition coefficient (Wildman–Crippen LogP) is 2.78. The van der Waals surface area contributed by atoms with Gasteiger partial charge in [0.2, 0.25) is 15.9 Å². The third-order valence-corrected chi connectivity index (χ3v) is 7.10. The third kappa shape index (κ3) is 5.27. The second kappa shape index (κ2) is 9.13. The minimum Gasteiger partial charge on any atom is -0.273 e. The average Bonchev–Trinajstić information content (AvgIpc) is 3.25. The Morgan fingerprint density at radius 1 is 0.966 bits per heavy atom. The van der Waals surface area contributed by atoms with Gasteiger partial charge < -0.3 is 0 Å². The molecule has 0 aromatic heterocycles. The molecule has 2 aromatic carbocycles. The molecule has 0 bridgehead atoms. The highest BCUT2D eigenvalue weighted by Crippen LogP contribution is 2.23. The minimum absolute atomic E-state index is 0.0133. The van der Waals surface area contributed by atoms with Gasteiger partial charge in [-0.3, -0.25) is 20.4 Å². The maximum atomic E-state index is 12.6. The molecule has 0 aliphatic carbocycles. The van der Waals surface area contributed by atoms with Crippen molar-refractivity contribution < 1.29 is 18.0 Å². The number of carbonyl (C=O) groups excluding carboxylic acids is 2. The van der Waals surface area contributed by atoms with Gasteiger partial charge in [-0.15, -0.1) is 0 Å². The molecule has 1 aliphatic heterocycles. The van der Waals surface area contributed by atoms with Crippen molar-refractivity contribution >= 4 is 45.0 Å². The van der Waals surface area contributed by atoms with E-state index in [1.54, 1.807) is 18.2 Å². The fourth-order valence-electron chi connectivity index (χ4n) is 2.95. The van der Waals surface area contributed by atoms with Gasteiger partial charge in [-0.05, 0) is 48.7 Å². The number of hydrazine groups is 1. The van der Waals surface area contributed by atoms with Crippen LogP contribution < -0.4 is 10.9 Å². The molecular weight excluding hydrogens is 437 g/mol. The quantitative estimate of drug-likeness (QED) is 0.677. The molecule has 1 fully saturated rings. The van der Waals surface area contributed by atoms with Crippen molar-refractivity contribution in [2.75, 3.05) is 13.1 Å². The molecule has 0 saturated carbocycles. The van der Waals surface area contributed by atoms with Gasteiger partial charge in [0, 0.05) is 18.7 Å². The van der Waals surface area contributed by atoms with Crippen LogP contribution in [0, 0.1) is 0 Å². The first-order valence-electron chi connectivity index (χ1n) is 8.91. The van der Waals surface area contributed by atoms with Gasteiger partial charge in [0.1, 0.15) is 0 Å². The summed E-state index contributed by atoms with van der Waals surface area (Å²) in [5.41, 5.74) is 5.34. The van der Waals surface area contributed by atoms with Crippen LogP contribution in [0.5, 0.6) is 0 Å². The first-order chi connectivity index (χ1) is 13.8. The van der Waals surface area contributed by atoms with Gasteiger partial charge in [-0.25, -0.2) is 8.42 Å². The van der Waals surface area contributed by atoms with Crippen molar-refractivity contribution in [2.45, 2.75) is 24.2 Å². The first-order valence-corrected chi connectivity index (χ1v) is 11.1. The molecule has 0 atom stereocenters. The predicted molar refractivity (Wildman–Crippen MR) is 110 cm³/mol. The topological polar surface area (TPSA) is 95.6 Å². The van der Waals surface area contributed by atoms with Gasteiger partial charge in [0.05, 0.1) is 21.4 Å². The number of halogens is 2. The number of nitrogens with zero attached hydrogens (tertiary/aromatic N) is 1. The molecule has 0 unspecified atom stereocenters. The second-order valence-electron chi connectivity index (χ2n) is 6.57. The maximum absolute atomic E-state index is 12.6. The number of nitrogens with one attached hydrogen (secondary N) is 2. The molecule has 0 radical (unpaired) electrons. The van der Waals surface area contributed by atoms with E-state index >= 15 is 0 Å². The molecule has 2 amide bonds. The van der Waals surface area contributed by atoms with Gasteiger partial charge in [0.15, 0.2) is 0 Å². The minimum atomic E-state index is -3.63. The zero-order valence-corrected chi connectivity index (χ0v) is 17.6. The number of carbonyl (C=O) groups is 2. The fourth-order valence-corrected chi connectivity index (χ4v) is 4.84. The van der Waals surface area contributed by atoms with Crippen molar-refractivity contribution in [3.05, 3.63) is 63.6 Å². The zero-order valence-electron chi connectivity index (χ0n) is 15.3. The van der Waals surface area contributed by atoms with E-state index in [0.717, 1.165) is 12.8 Å². The number of rotatable bonds is 5. The molecule has 3 rings (SSSR count). The van der Waals surface area contributed by atoms with Gasteiger partial charge in [0.25, 0.3) is 5.91 Å². The third-order valence-electron chi connectivity index (χ3n) is 4.46. The van der Waals surface area contributed by atoms with Crippen LogP contribution in [-0.4, -0.2) is 37.6 Å². The van der Waals surface area contributed by atoms with Crippen LogP contribution in [0.2, 0.25) is 10.0 Å². The van der Waals surface area contributed by atoms with E-state index in [2.05, 4.69) is 10.9 Å². The maximum Gasteiger partial charge on any atom is 0.269 e. The Kier molecular flexibility index (Phi) is 6.79. The molecular formula is C19H19Cl2N3O4S. The summed E-state index contributed by atoms with van der Waals surface area (Å²) in [6.07, 6.45) is 1.63. The van der Waals surface area contributed by atoms with Crippen LogP contribution in [-0.2, 0) is 21.2 Å². The molecule has 1 saturated heterocycles. The Hall–Kier alpha value is -2.13. The van der Waals surface area contributed by atoms with E-state index in [1.807, 2.05) is 0 Å². The molecule has 10 heteroatoms. The van der Waals surface area contributed by atoms with E-state index < -0.39 is 21.8 Å². The summed E-state index contributed by atoms with van der Waals surface area (Å²) in [6.45, 7) is 0.951. The largest absolute Gasteiger partial charge is 0.273 e. The Morgan fingerprint density at radius 2 is 1.69 bits per heavy atom. The molecule has 0 spiro atoms. The van der Waals surface area contributed by atoms with Gasteiger partial charge >= 0.3 is 0 Å². The van der Waals surface area contributed by atoms with Crippen LogP contribution >= 0.6 is 23.2 Å². The zero-order chi connectivity index (χ0) is 21.0. The van der Waals surface area contributed by atoms with Crippen molar-refractivity contribution in [1.29, 1.82) is 0 Å². The summed E-state index contributed by atoms with van der Waals surface area (Å²) in [6, 6.07) is 10.5. The van der Waals surface area contributed by atoms with Crippen LogP contribution in [0.4, 0.5) is 0 Å². The Balaban J connectivity index is 1.62. The monoisotopic (exact) mass is 455 g/mol. The lowest BCUT2D eigenvalue weighted by Gasteiger charge is -2.16. The van der Waals surface area contributed by atoms with Crippen molar-refractivity contribution in [3.8, 4) is 0 Å². The lowest BCUT2D eigenvalue weighted by atomic mass is 10.1. The van der Waals surface area contributed by atoms with E-state index in [0.29, 0.717) is 28.7 Å². The van der Waals surface area contributed by atoms with E-state index in [1.165, 1.54) is 28.6 Å². The molecule has 2 aromatic rings. The molecule has 1 heterocycles. The molecule has 29 heavy (non-hydrogen) atoms. The van der Waals surface area contributed by atoms with Gasteiger partial charge in [-0.2, -0.15) is 4.31 Å². The standard InChI is InChI=1S/C19H19Cl2N3O4S/c20-16-7-6-13(10-17(16)21)11-18(25)22-23-19(26)14-4-3-5-15(12-14)29(27,28)24-8-1-2-9-24/h3-7,10,12H,1-2,8-9,11H2,(H,22,25)(H,23,26). The normalized spacial score (nSPS) is 14.6. The van der Waals surface area contributed by atoms with Crippen molar-refractivity contribution in [1.82, 2.24) is 15.2 Å². The van der Waals surface area contributed by atoms with Crippen LogP contribution in [0.1, 0.15) is 28.8 Å². The molecule has 2 N–H and O–H groups in total. The number of sulfonamides is 1. The Labute approximate surface area is 179 Å². The Bertz CT molecular complexity index is 1040. The van der Waals surface area contributed by atoms with E-state index in [9.17, 15) is 18.0 Å². The lowest BCUT2D eigenvalue weighted by molar-refractivity contribution is -0.121. The lowest BCUT2D eigenvalue weighted by Crippen LogP contribution is -2.42. The van der Waals surface area contributed by atoms with E-state index in [-0.39, 0.29) is 16.9 Å². The highest BCUT2D eigenvalue weighted by molar-refractivity contribution is 7.89. The summed E-state index contributed by atoms with van der Waals surface area (Å²) < 4.78 is 26.7. The van der Waals surface area contributed by atoms with E-state index in [4.69, 9.17) is 23.2 Å². The van der Waals surface area contributed by atoms with Gasteiger partial charge in [-0.1, -0.05) is 35.3 Å². The van der Waals surface area contributed by atoms with Crippen molar-refractivity contribution in [2.24, 2.45) is 0 Å².